The highest BCUT2D eigenvalue weighted by atomic mass is 16.5. The molecule has 0 heterocycles. The molecule has 1 amide bonds. The molecule has 0 aromatic heterocycles. The Morgan fingerprint density at radius 2 is 1.70 bits per heavy atom. The van der Waals surface area contributed by atoms with Crippen molar-refractivity contribution in [1.29, 1.82) is 0 Å². The number of benzene rings is 1. The van der Waals surface area contributed by atoms with Crippen molar-refractivity contribution in [3.63, 3.8) is 0 Å². The van der Waals surface area contributed by atoms with Crippen LogP contribution in [0.1, 0.15) is 31.4 Å². The predicted molar refractivity (Wildman–Crippen MR) is 92.3 cm³/mol. The van der Waals surface area contributed by atoms with Crippen LogP contribution in [0, 0.1) is 13.8 Å². The Kier molecular flexibility index (Phi) is 7.23. The lowest BCUT2D eigenvalue weighted by molar-refractivity contribution is -0.916. The summed E-state index contributed by atoms with van der Waals surface area (Å²) < 4.78 is 5.29. The van der Waals surface area contributed by atoms with E-state index in [0.717, 1.165) is 29.9 Å². The highest BCUT2D eigenvalue weighted by Gasteiger charge is 2.28. The minimum absolute atomic E-state index is 0.0176. The highest BCUT2D eigenvalue weighted by Crippen LogP contribution is 2.20. The number of hydrogen-bond acceptors (Lipinski definition) is 3. The van der Waals surface area contributed by atoms with Crippen molar-refractivity contribution in [3.8, 4) is 0 Å². The highest BCUT2D eigenvalue weighted by molar-refractivity contribution is 5.93. The molecule has 128 valence electrons. The molecule has 0 atom stereocenters. The van der Waals surface area contributed by atoms with Crippen LogP contribution >= 0.6 is 0 Å². The van der Waals surface area contributed by atoms with Crippen molar-refractivity contribution in [2.45, 2.75) is 34.1 Å². The smallest absolute Gasteiger partial charge is 0.311 e. The fraction of sp³-hybridized carbons (Fsp3) is 0.556. The van der Waals surface area contributed by atoms with Gasteiger partial charge in [0.15, 0.2) is 6.54 Å². The standard InChI is InChI=1S/C18H28N2O3/c1-6-20(7-2,12-11-17(22)23-5)13-16(21)19-18-14(3)9-8-10-15(18)4/h8-10H,6-7,11-13H2,1-5H3/p+1. The molecule has 0 spiro atoms. The number of anilines is 1. The maximum absolute atomic E-state index is 12.5. The van der Waals surface area contributed by atoms with E-state index in [0.29, 0.717) is 24.0 Å². The van der Waals surface area contributed by atoms with Crippen LogP contribution in [0.15, 0.2) is 18.2 Å². The Labute approximate surface area is 139 Å². The molecule has 0 fully saturated rings. The van der Waals surface area contributed by atoms with Crippen molar-refractivity contribution in [3.05, 3.63) is 29.3 Å². The molecule has 0 saturated heterocycles. The second kappa shape index (κ2) is 8.67. The van der Waals surface area contributed by atoms with Crippen molar-refractivity contribution >= 4 is 17.6 Å². The van der Waals surface area contributed by atoms with Crippen LogP contribution in [-0.2, 0) is 14.3 Å². The maximum atomic E-state index is 12.5. The number of nitrogens with one attached hydrogen (secondary N) is 1. The summed E-state index contributed by atoms with van der Waals surface area (Å²) in [5, 5.41) is 3.03. The van der Waals surface area contributed by atoms with Gasteiger partial charge in [-0.25, -0.2) is 0 Å². The summed E-state index contributed by atoms with van der Waals surface area (Å²) in [5.41, 5.74) is 2.99. The molecule has 0 bridgehead atoms. The number of methoxy groups -OCH3 is 1. The SMILES string of the molecule is CC[N+](CC)(CCC(=O)OC)CC(=O)Nc1c(C)cccc1C. The summed E-state index contributed by atoms with van der Waals surface area (Å²) in [4.78, 5) is 23.9. The Morgan fingerprint density at radius 3 is 2.17 bits per heavy atom. The first-order valence-electron chi connectivity index (χ1n) is 8.15. The van der Waals surface area contributed by atoms with Crippen LogP contribution in [0.25, 0.3) is 0 Å². The fourth-order valence-corrected chi connectivity index (χ4v) is 2.77. The Hall–Kier alpha value is -1.88. The first-order valence-corrected chi connectivity index (χ1v) is 8.15. The Bertz CT molecular complexity index is 531. The summed E-state index contributed by atoms with van der Waals surface area (Å²) in [6, 6.07) is 5.96. The van der Waals surface area contributed by atoms with E-state index >= 15 is 0 Å². The molecule has 0 aliphatic heterocycles. The second-order valence-corrected chi connectivity index (χ2v) is 6.00. The van der Waals surface area contributed by atoms with E-state index in [-0.39, 0.29) is 11.9 Å². The zero-order chi connectivity index (χ0) is 17.5. The molecule has 0 radical (unpaired) electrons. The largest absolute Gasteiger partial charge is 0.469 e. The number of para-hydroxylation sites is 1. The maximum Gasteiger partial charge on any atom is 0.311 e. The van der Waals surface area contributed by atoms with Gasteiger partial charge in [0.1, 0.15) is 0 Å². The number of quaternary nitrogens is 1. The number of likely N-dealkylation sites (N-methyl/N-ethyl adjacent to an activating group) is 1. The molecule has 5 heteroatoms. The lowest BCUT2D eigenvalue weighted by Crippen LogP contribution is -2.53. The number of carbonyl (C=O) groups excluding carboxylic acids is 2. The molecule has 0 aliphatic carbocycles. The molecule has 0 unspecified atom stereocenters. The number of ether oxygens (including phenoxy) is 1. The van der Waals surface area contributed by atoms with Crippen LogP contribution in [0.4, 0.5) is 5.69 Å². The zero-order valence-corrected chi connectivity index (χ0v) is 14.9. The van der Waals surface area contributed by atoms with E-state index < -0.39 is 0 Å². The van der Waals surface area contributed by atoms with Gasteiger partial charge in [-0.3, -0.25) is 9.59 Å². The molecule has 1 aromatic carbocycles. The number of rotatable bonds is 8. The second-order valence-electron chi connectivity index (χ2n) is 6.00. The van der Waals surface area contributed by atoms with Gasteiger partial charge < -0.3 is 14.5 Å². The van der Waals surface area contributed by atoms with Crippen molar-refractivity contribution < 1.29 is 18.8 Å². The molecule has 23 heavy (non-hydrogen) atoms. The normalized spacial score (nSPS) is 11.2. The lowest BCUT2D eigenvalue weighted by Gasteiger charge is -2.36. The van der Waals surface area contributed by atoms with Crippen molar-refractivity contribution in [2.24, 2.45) is 0 Å². The first kappa shape index (κ1) is 19.2. The lowest BCUT2D eigenvalue weighted by atomic mass is 10.1. The quantitative estimate of drug-likeness (QED) is 0.591. The summed E-state index contributed by atoms with van der Waals surface area (Å²) in [5.74, 6) is -0.250. The molecule has 1 N–H and O–H groups in total. The summed E-state index contributed by atoms with van der Waals surface area (Å²) >= 11 is 0. The molecule has 0 saturated carbocycles. The van der Waals surface area contributed by atoms with Crippen LogP contribution in [0.2, 0.25) is 0 Å². The van der Waals surface area contributed by atoms with E-state index in [2.05, 4.69) is 5.32 Å². The van der Waals surface area contributed by atoms with Crippen molar-refractivity contribution in [1.82, 2.24) is 0 Å². The third kappa shape index (κ3) is 5.36. The minimum atomic E-state index is -0.232. The van der Waals surface area contributed by atoms with Gasteiger partial charge in [-0.2, -0.15) is 0 Å². The first-order chi connectivity index (χ1) is 10.9. The van der Waals surface area contributed by atoms with E-state index in [1.807, 2.05) is 45.9 Å². The van der Waals surface area contributed by atoms with Gasteiger partial charge in [-0.1, -0.05) is 18.2 Å². The monoisotopic (exact) mass is 321 g/mol. The molecule has 5 nitrogen and oxygen atoms in total. The molecular weight excluding hydrogens is 292 g/mol. The number of amides is 1. The van der Waals surface area contributed by atoms with Gasteiger partial charge in [0.05, 0.1) is 33.2 Å². The van der Waals surface area contributed by atoms with Gasteiger partial charge >= 0.3 is 5.97 Å². The third-order valence-electron chi connectivity index (χ3n) is 4.58. The number of aryl methyl sites for hydroxylation is 2. The Morgan fingerprint density at radius 1 is 1.13 bits per heavy atom. The molecule has 0 aliphatic rings. The summed E-state index contributed by atoms with van der Waals surface area (Å²) in [6.45, 7) is 10.6. The predicted octanol–water partition coefficient (Wildman–Crippen LogP) is 2.66. The molecular formula is C18H29N2O3+. The van der Waals surface area contributed by atoms with Crippen LogP contribution < -0.4 is 5.32 Å². The molecule has 1 aromatic rings. The van der Waals surface area contributed by atoms with Crippen LogP contribution in [0.5, 0.6) is 0 Å². The van der Waals surface area contributed by atoms with Gasteiger partial charge in [0.2, 0.25) is 0 Å². The fourth-order valence-electron chi connectivity index (χ4n) is 2.77. The molecule has 1 rings (SSSR count). The topological polar surface area (TPSA) is 55.4 Å². The number of nitrogens with zero attached hydrogens (tertiary/aromatic N) is 1. The van der Waals surface area contributed by atoms with Gasteiger partial charge in [-0.05, 0) is 38.8 Å². The van der Waals surface area contributed by atoms with Crippen LogP contribution in [-0.4, -0.2) is 49.6 Å². The average Bonchev–Trinajstić information content (AvgIpc) is 2.54. The van der Waals surface area contributed by atoms with Gasteiger partial charge in [0.25, 0.3) is 5.91 Å². The Balaban J connectivity index is 2.79. The minimum Gasteiger partial charge on any atom is -0.469 e. The van der Waals surface area contributed by atoms with E-state index in [4.69, 9.17) is 4.74 Å². The zero-order valence-electron chi connectivity index (χ0n) is 14.9. The number of hydrogen-bond donors (Lipinski definition) is 1. The van der Waals surface area contributed by atoms with Gasteiger partial charge in [-0.15, -0.1) is 0 Å². The van der Waals surface area contributed by atoms with Crippen LogP contribution in [0.3, 0.4) is 0 Å². The van der Waals surface area contributed by atoms with E-state index in [1.54, 1.807) is 0 Å². The number of carbonyl (C=O) groups is 2. The van der Waals surface area contributed by atoms with Crippen molar-refractivity contribution in [2.75, 3.05) is 38.6 Å². The number of esters is 1. The third-order valence-corrected chi connectivity index (χ3v) is 4.58. The summed E-state index contributed by atoms with van der Waals surface area (Å²) in [7, 11) is 1.39. The average molecular weight is 321 g/mol. The van der Waals surface area contributed by atoms with E-state index in [1.165, 1.54) is 7.11 Å². The van der Waals surface area contributed by atoms with E-state index in [9.17, 15) is 9.59 Å². The van der Waals surface area contributed by atoms with Gasteiger partial charge in [0, 0.05) is 5.69 Å². The summed E-state index contributed by atoms with van der Waals surface area (Å²) in [6.07, 6.45) is 0.328.